The fraction of sp³-hybridized carbons (Fsp3) is 0.208. The molecule has 8 heteroatoms. The van der Waals surface area contributed by atoms with Gasteiger partial charge in [-0.2, -0.15) is 0 Å². The van der Waals surface area contributed by atoms with E-state index in [0.717, 1.165) is 16.7 Å². The molecule has 0 fully saturated rings. The second kappa shape index (κ2) is 9.07. The summed E-state index contributed by atoms with van der Waals surface area (Å²) in [4.78, 5) is 32.6. The summed E-state index contributed by atoms with van der Waals surface area (Å²) in [6, 6.07) is 15.4. The number of amides is 1. The highest BCUT2D eigenvalue weighted by atomic mass is 16.6. The first-order valence-corrected chi connectivity index (χ1v) is 10.2. The number of imidazole rings is 1. The zero-order valence-electron chi connectivity index (χ0n) is 18.1. The lowest BCUT2D eigenvalue weighted by Gasteiger charge is -2.08. The summed E-state index contributed by atoms with van der Waals surface area (Å²) in [5, 5.41) is 2.87. The second-order valence-electron chi connectivity index (χ2n) is 7.36. The number of nitrogens with zero attached hydrogens (tertiary/aromatic N) is 2. The molecule has 2 aromatic heterocycles. The van der Waals surface area contributed by atoms with Crippen molar-refractivity contribution in [3.05, 3.63) is 77.4 Å². The number of aryl methyl sites for hydroxylation is 1. The van der Waals surface area contributed by atoms with Crippen LogP contribution in [0.1, 0.15) is 32.1 Å². The number of methoxy groups -OCH3 is 1. The highest BCUT2D eigenvalue weighted by Crippen LogP contribution is 2.22. The molecular formula is C24H24N4O4. The molecule has 4 aromatic rings. The molecule has 0 aliphatic carbocycles. The van der Waals surface area contributed by atoms with Gasteiger partial charge in [0.05, 0.1) is 23.2 Å². The number of carbonyl (C=O) groups is 2. The van der Waals surface area contributed by atoms with Gasteiger partial charge in [-0.15, -0.1) is 0 Å². The van der Waals surface area contributed by atoms with Crippen LogP contribution in [-0.4, -0.2) is 46.7 Å². The van der Waals surface area contributed by atoms with Gasteiger partial charge < -0.3 is 19.8 Å². The summed E-state index contributed by atoms with van der Waals surface area (Å²) < 4.78 is 12.1. The normalized spacial score (nSPS) is 11.0. The Hall–Kier alpha value is -3.91. The first-order chi connectivity index (χ1) is 15.5. The van der Waals surface area contributed by atoms with Gasteiger partial charge in [0.2, 0.25) is 0 Å². The summed E-state index contributed by atoms with van der Waals surface area (Å²) in [5.74, 6) is -0.813. The van der Waals surface area contributed by atoms with Gasteiger partial charge in [0.25, 0.3) is 5.91 Å². The van der Waals surface area contributed by atoms with Crippen molar-refractivity contribution < 1.29 is 19.1 Å². The van der Waals surface area contributed by atoms with Crippen LogP contribution in [0.3, 0.4) is 0 Å². The number of benzene rings is 2. The lowest BCUT2D eigenvalue weighted by molar-refractivity contribution is 0.0387. The molecule has 0 atom stereocenters. The van der Waals surface area contributed by atoms with Crippen molar-refractivity contribution >= 4 is 28.6 Å². The van der Waals surface area contributed by atoms with Gasteiger partial charge >= 0.3 is 5.97 Å². The minimum atomic E-state index is -0.482. The molecule has 0 saturated heterocycles. The van der Waals surface area contributed by atoms with Crippen LogP contribution < -0.4 is 5.32 Å². The zero-order chi connectivity index (χ0) is 22.7. The molecule has 0 radical (unpaired) electrons. The first kappa shape index (κ1) is 21.3. The molecule has 2 heterocycles. The number of H-pyrrole nitrogens is 1. The second-order valence-corrected chi connectivity index (χ2v) is 7.36. The molecule has 0 aliphatic rings. The number of nitrogens with one attached hydrogen (secondary N) is 2. The van der Waals surface area contributed by atoms with Gasteiger partial charge in [-0.1, -0.05) is 12.1 Å². The maximum absolute atomic E-state index is 12.8. The smallest absolute Gasteiger partial charge is 0.340 e. The predicted octanol–water partition coefficient (Wildman–Crippen LogP) is 4.03. The van der Waals surface area contributed by atoms with E-state index in [2.05, 4.69) is 15.3 Å². The van der Waals surface area contributed by atoms with Gasteiger partial charge in [-0.3, -0.25) is 9.36 Å². The van der Waals surface area contributed by atoms with Gasteiger partial charge in [0, 0.05) is 24.2 Å². The standard InChI is InChI=1S/C24H24N4O4/c1-15-21(24(30)32-13-12-31-3)16(2)26-22(15)23(29)27-17-8-10-18(11-9-17)28-14-25-19-6-4-5-7-20(19)28/h4-11,14,26H,12-13H2,1-3H3,(H,27,29). The topological polar surface area (TPSA) is 98.2 Å². The van der Waals surface area contributed by atoms with Crippen molar-refractivity contribution in [1.82, 2.24) is 14.5 Å². The third-order valence-corrected chi connectivity index (χ3v) is 5.25. The Morgan fingerprint density at radius 2 is 1.81 bits per heavy atom. The van der Waals surface area contributed by atoms with Gasteiger partial charge in [0.1, 0.15) is 18.6 Å². The van der Waals surface area contributed by atoms with Crippen LogP contribution in [0.25, 0.3) is 16.7 Å². The molecule has 1 amide bonds. The number of hydrogen-bond acceptors (Lipinski definition) is 5. The number of esters is 1. The van der Waals surface area contributed by atoms with Crippen LogP contribution in [0.5, 0.6) is 0 Å². The van der Waals surface area contributed by atoms with E-state index in [1.807, 2.05) is 53.1 Å². The summed E-state index contributed by atoms with van der Waals surface area (Å²) in [5.41, 5.74) is 5.32. The van der Waals surface area contributed by atoms with Crippen LogP contribution in [0.2, 0.25) is 0 Å². The van der Waals surface area contributed by atoms with Crippen molar-refractivity contribution in [1.29, 1.82) is 0 Å². The zero-order valence-corrected chi connectivity index (χ0v) is 18.1. The Bertz CT molecular complexity index is 1270. The number of fused-ring (bicyclic) bond motifs is 1. The fourth-order valence-electron chi connectivity index (χ4n) is 3.64. The minimum absolute atomic E-state index is 0.152. The Kier molecular flexibility index (Phi) is 6.04. The Morgan fingerprint density at radius 3 is 2.56 bits per heavy atom. The summed E-state index contributed by atoms with van der Waals surface area (Å²) in [7, 11) is 1.53. The molecule has 0 saturated carbocycles. The number of hydrogen-bond donors (Lipinski definition) is 2. The third kappa shape index (κ3) is 4.13. The van der Waals surface area contributed by atoms with Crippen molar-refractivity contribution in [2.45, 2.75) is 13.8 Å². The summed E-state index contributed by atoms with van der Waals surface area (Å²) in [6.07, 6.45) is 1.77. The van der Waals surface area contributed by atoms with E-state index in [4.69, 9.17) is 9.47 Å². The Balaban J connectivity index is 1.50. The number of anilines is 1. The minimum Gasteiger partial charge on any atom is -0.460 e. The average Bonchev–Trinajstić information content (AvgIpc) is 3.35. The SMILES string of the molecule is COCCOC(=O)c1c(C)[nH]c(C(=O)Nc2ccc(-n3cnc4ccccc43)cc2)c1C. The van der Waals surface area contributed by atoms with E-state index in [0.29, 0.717) is 34.8 Å². The lowest BCUT2D eigenvalue weighted by Crippen LogP contribution is -2.14. The summed E-state index contributed by atoms with van der Waals surface area (Å²) in [6.45, 7) is 3.92. The van der Waals surface area contributed by atoms with Crippen molar-refractivity contribution in [3.63, 3.8) is 0 Å². The van der Waals surface area contributed by atoms with E-state index in [9.17, 15) is 9.59 Å². The first-order valence-electron chi connectivity index (χ1n) is 10.2. The van der Waals surface area contributed by atoms with E-state index in [-0.39, 0.29) is 12.5 Å². The summed E-state index contributed by atoms with van der Waals surface area (Å²) >= 11 is 0. The highest BCUT2D eigenvalue weighted by molar-refractivity contribution is 6.06. The number of ether oxygens (including phenoxy) is 2. The van der Waals surface area contributed by atoms with Gasteiger partial charge in [-0.25, -0.2) is 9.78 Å². The largest absolute Gasteiger partial charge is 0.460 e. The molecule has 2 N–H and O–H groups in total. The molecule has 2 aromatic carbocycles. The number of rotatable bonds is 7. The molecule has 0 unspecified atom stereocenters. The Labute approximate surface area is 185 Å². The van der Waals surface area contributed by atoms with Crippen molar-refractivity contribution in [2.24, 2.45) is 0 Å². The number of para-hydroxylation sites is 2. The van der Waals surface area contributed by atoms with Gasteiger partial charge in [0.15, 0.2) is 0 Å². The molecule has 164 valence electrons. The maximum atomic E-state index is 12.8. The molecule has 0 aliphatic heterocycles. The predicted molar refractivity (Wildman–Crippen MR) is 121 cm³/mol. The Morgan fingerprint density at radius 1 is 1.06 bits per heavy atom. The number of carbonyl (C=O) groups excluding carboxylic acids is 2. The fourth-order valence-corrected chi connectivity index (χ4v) is 3.64. The van der Waals surface area contributed by atoms with Crippen LogP contribution >= 0.6 is 0 Å². The molecule has 32 heavy (non-hydrogen) atoms. The molecule has 4 rings (SSSR count). The van der Waals surface area contributed by atoms with Crippen LogP contribution in [0.15, 0.2) is 54.9 Å². The van der Waals surface area contributed by atoms with Crippen LogP contribution in [0.4, 0.5) is 5.69 Å². The maximum Gasteiger partial charge on any atom is 0.340 e. The van der Waals surface area contributed by atoms with Gasteiger partial charge in [-0.05, 0) is 55.8 Å². The van der Waals surface area contributed by atoms with E-state index >= 15 is 0 Å². The van der Waals surface area contributed by atoms with Crippen LogP contribution in [0, 0.1) is 13.8 Å². The molecule has 0 bridgehead atoms. The molecule has 0 spiro atoms. The van der Waals surface area contributed by atoms with Crippen LogP contribution in [-0.2, 0) is 9.47 Å². The number of aromatic amines is 1. The highest BCUT2D eigenvalue weighted by Gasteiger charge is 2.23. The molecule has 8 nitrogen and oxygen atoms in total. The molecular weight excluding hydrogens is 408 g/mol. The lowest BCUT2D eigenvalue weighted by atomic mass is 10.1. The van der Waals surface area contributed by atoms with E-state index in [1.54, 1.807) is 20.2 Å². The number of aromatic nitrogens is 3. The average molecular weight is 432 g/mol. The monoisotopic (exact) mass is 432 g/mol. The van der Waals surface area contributed by atoms with E-state index < -0.39 is 5.97 Å². The third-order valence-electron chi connectivity index (χ3n) is 5.25. The van der Waals surface area contributed by atoms with E-state index in [1.165, 1.54) is 7.11 Å². The quantitative estimate of drug-likeness (QED) is 0.339. The van der Waals surface area contributed by atoms with Crippen molar-refractivity contribution in [3.8, 4) is 5.69 Å². The van der Waals surface area contributed by atoms with Crippen molar-refractivity contribution in [2.75, 3.05) is 25.6 Å².